The van der Waals surface area contributed by atoms with Crippen LogP contribution < -0.4 is 11.2 Å². The fourth-order valence-electron chi connectivity index (χ4n) is 2.25. The van der Waals surface area contributed by atoms with E-state index in [1.165, 1.54) is 10.6 Å². The molecule has 7 heteroatoms. The highest BCUT2D eigenvalue weighted by Crippen LogP contribution is 2.09. The number of nitrogens with one attached hydrogen (secondary N) is 1. The molecule has 0 aliphatic carbocycles. The van der Waals surface area contributed by atoms with Crippen LogP contribution in [0.25, 0.3) is 10.9 Å². The maximum absolute atomic E-state index is 12.0. The van der Waals surface area contributed by atoms with Crippen molar-refractivity contribution in [2.45, 2.75) is 6.54 Å². The lowest BCUT2D eigenvalue weighted by molar-refractivity contribution is 0.0690. The molecule has 0 saturated carbocycles. The van der Waals surface area contributed by atoms with Crippen molar-refractivity contribution >= 4 is 16.9 Å². The number of aromatic amines is 1. The van der Waals surface area contributed by atoms with Gasteiger partial charge in [-0.05, 0) is 24.3 Å². The smallest absolute Gasteiger partial charge is 0.354 e. The van der Waals surface area contributed by atoms with Gasteiger partial charge in [0, 0.05) is 0 Å². The van der Waals surface area contributed by atoms with Crippen LogP contribution in [0.15, 0.2) is 52.1 Å². The van der Waals surface area contributed by atoms with Gasteiger partial charge in [-0.25, -0.2) is 14.6 Å². The molecule has 0 unspecified atom stereocenters. The Morgan fingerprint density at radius 1 is 1.14 bits per heavy atom. The van der Waals surface area contributed by atoms with Gasteiger partial charge in [0.15, 0.2) is 0 Å². The van der Waals surface area contributed by atoms with E-state index in [0.29, 0.717) is 16.6 Å². The molecule has 2 aromatic heterocycles. The van der Waals surface area contributed by atoms with Crippen LogP contribution in [-0.2, 0) is 6.54 Å². The molecule has 110 valence electrons. The molecule has 0 atom stereocenters. The first-order valence-electron chi connectivity index (χ1n) is 6.47. The largest absolute Gasteiger partial charge is 0.477 e. The lowest BCUT2D eigenvalue weighted by Crippen LogP contribution is -2.30. The summed E-state index contributed by atoms with van der Waals surface area (Å²) in [5.74, 6) is -1.14. The van der Waals surface area contributed by atoms with Gasteiger partial charge in [0.05, 0.1) is 23.1 Å². The Kier molecular flexibility index (Phi) is 3.30. The highest BCUT2D eigenvalue weighted by molar-refractivity contribution is 5.85. The zero-order valence-electron chi connectivity index (χ0n) is 11.3. The summed E-state index contributed by atoms with van der Waals surface area (Å²) in [5.41, 5.74) is -0.229. The minimum Gasteiger partial charge on any atom is -0.477 e. The molecule has 1 aromatic carbocycles. The molecule has 0 spiro atoms. The van der Waals surface area contributed by atoms with E-state index in [2.05, 4.69) is 9.97 Å². The molecule has 0 aliphatic heterocycles. The molecule has 0 aliphatic rings. The zero-order valence-corrected chi connectivity index (χ0v) is 11.3. The second kappa shape index (κ2) is 5.28. The van der Waals surface area contributed by atoms with E-state index < -0.39 is 17.2 Å². The maximum Gasteiger partial charge on any atom is 0.354 e. The number of benzene rings is 1. The Morgan fingerprint density at radius 2 is 1.91 bits per heavy atom. The van der Waals surface area contributed by atoms with Crippen LogP contribution in [0.5, 0.6) is 0 Å². The molecule has 2 heterocycles. The molecule has 2 N–H and O–H groups in total. The summed E-state index contributed by atoms with van der Waals surface area (Å²) < 4.78 is 1.35. The van der Waals surface area contributed by atoms with Crippen LogP contribution >= 0.6 is 0 Å². The molecule has 0 fully saturated rings. The van der Waals surface area contributed by atoms with Crippen molar-refractivity contribution in [2.24, 2.45) is 0 Å². The predicted molar refractivity (Wildman–Crippen MR) is 79.1 cm³/mol. The number of aromatic carboxylic acids is 1. The second-order valence-electron chi connectivity index (χ2n) is 4.68. The molecule has 0 radical (unpaired) electrons. The van der Waals surface area contributed by atoms with E-state index in [-0.39, 0.29) is 12.2 Å². The predicted octanol–water partition coefficient (Wildman–Crippen LogP) is 0.831. The summed E-state index contributed by atoms with van der Waals surface area (Å²) in [6, 6.07) is 11.3. The average Bonchev–Trinajstić information content (AvgIpc) is 2.52. The molecule has 0 bridgehead atoms. The van der Waals surface area contributed by atoms with Crippen LogP contribution in [0, 0.1) is 0 Å². The number of fused-ring (bicyclic) bond motifs is 1. The van der Waals surface area contributed by atoms with Crippen LogP contribution in [0.2, 0.25) is 0 Å². The van der Waals surface area contributed by atoms with Crippen LogP contribution in [-0.4, -0.2) is 25.6 Å². The molecule has 0 saturated heterocycles. The summed E-state index contributed by atoms with van der Waals surface area (Å²) in [6.45, 7) is 0.0667. The van der Waals surface area contributed by atoms with Crippen molar-refractivity contribution in [3.8, 4) is 0 Å². The van der Waals surface area contributed by atoms with Crippen molar-refractivity contribution in [1.82, 2.24) is 14.5 Å². The van der Waals surface area contributed by atoms with Crippen molar-refractivity contribution in [2.75, 3.05) is 0 Å². The van der Waals surface area contributed by atoms with Gasteiger partial charge < -0.3 is 5.11 Å². The summed E-state index contributed by atoms with van der Waals surface area (Å²) >= 11 is 0. The highest BCUT2D eigenvalue weighted by atomic mass is 16.4. The normalized spacial score (nSPS) is 10.7. The van der Waals surface area contributed by atoms with E-state index in [4.69, 9.17) is 5.11 Å². The quantitative estimate of drug-likeness (QED) is 0.745. The van der Waals surface area contributed by atoms with E-state index in [9.17, 15) is 14.4 Å². The Balaban J connectivity index is 2.16. The number of rotatable bonds is 3. The Morgan fingerprint density at radius 3 is 2.68 bits per heavy atom. The number of para-hydroxylation sites is 1. The van der Waals surface area contributed by atoms with Gasteiger partial charge >= 0.3 is 11.7 Å². The number of carbonyl (C=O) groups is 1. The minimum absolute atomic E-state index is 0.0667. The van der Waals surface area contributed by atoms with Crippen molar-refractivity contribution in [3.63, 3.8) is 0 Å². The van der Waals surface area contributed by atoms with Gasteiger partial charge in [-0.1, -0.05) is 18.2 Å². The van der Waals surface area contributed by atoms with Crippen LogP contribution in [0.4, 0.5) is 0 Å². The third kappa shape index (κ3) is 2.39. The lowest BCUT2D eigenvalue weighted by Gasteiger charge is -2.09. The molecular weight excluding hydrogens is 286 g/mol. The number of carboxylic acids is 1. The first-order chi connectivity index (χ1) is 10.6. The summed E-state index contributed by atoms with van der Waals surface area (Å²) in [4.78, 5) is 41.0. The Labute approximate surface area is 123 Å². The number of nitrogens with zero attached hydrogens (tertiary/aromatic N) is 2. The third-order valence-corrected chi connectivity index (χ3v) is 3.25. The Hall–Kier alpha value is -3.22. The molecule has 3 rings (SSSR count). The van der Waals surface area contributed by atoms with Crippen LogP contribution in [0.3, 0.4) is 0 Å². The molecule has 22 heavy (non-hydrogen) atoms. The monoisotopic (exact) mass is 297 g/mol. The number of aromatic nitrogens is 3. The molecule has 3 aromatic rings. The van der Waals surface area contributed by atoms with Gasteiger partial charge in [-0.2, -0.15) is 0 Å². The number of H-pyrrole nitrogens is 1. The van der Waals surface area contributed by atoms with Gasteiger partial charge in [-0.3, -0.25) is 14.3 Å². The van der Waals surface area contributed by atoms with Crippen LogP contribution in [0.1, 0.15) is 16.2 Å². The Bertz CT molecular complexity index is 988. The first-order valence-corrected chi connectivity index (χ1v) is 6.47. The van der Waals surface area contributed by atoms with E-state index in [1.54, 1.807) is 36.4 Å². The van der Waals surface area contributed by atoms with Gasteiger partial charge in [0.25, 0.3) is 5.56 Å². The standard InChI is InChI=1S/C15H11N3O4/c19-13-10-5-1-2-7-12(10)18(15(22)17-13)8-9-4-3-6-11(16-9)14(20)21/h1-7H,8H2,(H,20,21)(H,17,19,22). The number of pyridine rings is 1. The summed E-state index contributed by atoms with van der Waals surface area (Å²) in [6.07, 6.45) is 0. The lowest BCUT2D eigenvalue weighted by atomic mass is 10.2. The number of hydrogen-bond donors (Lipinski definition) is 2. The second-order valence-corrected chi connectivity index (χ2v) is 4.68. The van der Waals surface area contributed by atoms with Gasteiger partial charge in [0.2, 0.25) is 0 Å². The SMILES string of the molecule is O=C(O)c1cccc(Cn2c(=O)[nH]c(=O)c3ccccc32)n1. The van der Waals surface area contributed by atoms with Gasteiger partial charge in [-0.15, -0.1) is 0 Å². The first kappa shape index (κ1) is 13.7. The fraction of sp³-hybridized carbons (Fsp3) is 0.0667. The van der Waals surface area contributed by atoms with Crippen molar-refractivity contribution in [1.29, 1.82) is 0 Å². The van der Waals surface area contributed by atoms with E-state index in [1.807, 2.05) is 0 Å². The molecule has 7 nitrogen and oxygen atoms in total. The third-order valence-electron chi connectivity index (χ3n) is 3.25. The highest BCUT2D eigenvalue weighted by Gasteiger charge is 2.10. The zero-order chi connectivity index (χ0) is 15.7. The van der Waals surface area contributed by atoms with Crippen molar-refractivity contribution in [3.05, 3.63) is 74.7 Å². The summed E-state index contributed by atoms with van der Waals surface area (Å²) in [5, 5.41) is 9.35. The number of hydrogen-bond acceptors (Lipinski definition) is 4. The fourth-order valence-corrected chi connectivity index (χ4v) is 2.25. The van der Waals surface area contributed by atoms with Crippen molar-refractivity contribution < 1.29 is 9.90 Å². The average molecular weight is 297 g/mol. The number of carboxylic acid groups (broad SMARTS) is 1. The topological polar surface area (TPSA) is 105 Å². The van der Waals surface area contributed by atoms with E-state index >= 15 is 0 Å². The molecular formula is C15H11N3O4. The maximum atomic E-state index is 12.0. The summed E-state index contributed by atoms with van der Waals surface area (Å²) in [7, 11) is 0. The van der Waals surface area contributed by atoms with Gasteiger partial charge in [0.1, 0.15) is 5.69 Å². The van der Waals surface area contributed by atoms with E-state index in [0.717, 1.165) is 0 Å². The molecule has 0 amide bonds. The minimum atomic E-state index is -1.14.